The molecule has 28 heavy (non-hydrogen) atoms. The number of carbonyl (C=O) groups excluding carboxylic acids is 1. The van der Waals surface area contributed by atoms with Crippen LogP contribution in [0.2, 0.25) is 0 Å². The van der Waals surface area contributed by atoms with Crippen LogP contribution in [0.1, 0.15) is 36.9 Å². The number of halogens is 3. The molecule has 0 spiro atoms. The second-order valence-electron chi connectivity index (χ2n) is 7.13. The second kappa shape index (κ2) is 7.83. The molecule has 2 aromatic carbocycles. The maximum absolute atomic E-state index is 13.7. The monoisotopic (exact) mass is 392 g/mol. The molecule has 0 bridgehead atoms. The van der Waals surface area contributed by atoms with E-state index in [2.05, 4.69) is 0 Å². The van der Waals surface area contributed by atoms with Gasteiger partial charge in [0.25, 0.3) is 11.8 Å². The molecule has 1 aliphatic carbocycles. The minimum Gasteiger partial charge on any atom is -0.337 e. The van der Waals surface area contributed by atoms with Gasteiger partial charge in [0.05, 0.1) is 5.69 Å². The van der Waals surface area contributed by atoms with Gasteiger partial charge in [0.1, 0.15) is 5.82 Å². The van der Waals surface area contributed by atoms with E-state index in [-0.39, 0.29) is 12.2 Å². The van der Waals surface area contributed by atoms with Gasteiger partial charge in [0.2, 0.25) is 0 Å². The average molecular weight is 392 g/mol. The van der Waals surface area contributed by atoms with Crippen molar-refractivity contribution in [2.24, 2.45) is 0 Å². The summed E-state index contributed by atoms with van der Waals surface area (Å²) < 4.78 is 40.4. The second-order valence-corrected chi connectivity index (χ2v) is 7.13. The summed E-state index contributed by atoms with van der Waals surface area (Å²) in [6.07, 6.45) is -0.781. The number of alkyl halides is 2. The lowest BCUT2D eigenvalue weighted by Crippen LogP contribution is -2.55. The molecule has 1 amide bonds. The molecule has 1 N–H and O–H groups in total. The van der Waals surface area contributed by atoms with Crippen LogP contribution in [-0.2, 0) is 4.79 Å². The van der Waals surface area contributed by atoms with Crippen LogP contribution in [0.3, 0.4) is 0 Å². The standard InChI is InChI=1S/C21H23F3N2O2/c1-3-25(17-12-21(23,24)13-17)20(27)19(18-10-5-4-7-14(18)2)26(28)16-9-6-8-15(22)11-16/h4-11,17,19,28H,3,12-13H2,1-2H3. The summed E-state index contributed by atoms with van der Waals surface area (Å²) in [6, 6.07) is 10.5. The molecule has 2 aromatic rings. The van der Waals surface area contributed by atoms with Crippen LogP contribution >= 0.6 is 0 Å². The summed E-state index contributed by atoms with van der Waals surface area (Å²) in [5.74, 6) is -3.82. The van der Waals surface area contributed by atoms with Crippen LogP contribution in [0.15, 0.2) is 48.5 Å². The molecule has 3 rings (SSSR count). The fraction of sp³-hybridized carbons (Fsp3) is 0.381. The van der Waals surface area contributed by atoms with Crippen molar-refractivity contribution in [1.82, 2.24) is 4.90 Å². The van der Waals surface area contributed by atoms with Crippen molar-refractivity contribution in [3.63, 3.8) is 0 Å². The average Bonchev–Trinajstić information content (AvgIpc) is 2.62. The Bertz CT molecular complexity index is 851. The van der Waals surface area contributed by atoms with Crippen molar-refractivity contribution in [1.29, 1.82) is 0 Å². The van der Waals surface area contributed by atoms with Crippen LogP contribution in [0, 0.1) is 12.7 Å². The predicted octanol–water partition coefficient (Wildman–Crippen LogP) is 4.72. The number of hydroxylamine groups is 1. The fourth-order valence-corrected chi connectivity index (χ4v) is 3.63. The maximum atomic E-state index is 13.7. The van der Waals surface area contributed by atoms with Gasteiger partial charge in [0, 0.05) is 25.4 Å². The van der Waals surface area contributed by atoms with E-state index in [9.17, 15) is 23.2 Å². The lowest BCUT2D eigenvalue weighted by atomic mass is 9.86. The highest BCUT2D eigenvalue weighted by Crippen LogP contribution is 2.42. The van der Waals surface area contributed by atoms with Gasteiger partial charge in [-0.05, 0) is 43.2 Å². The third-order valence-corrected chi connectivity index (χ3v) is 5.17. The Labute approximate surface area is 162 Å². The molecular weight excluding hydrogens is 369 g/mol. The van der Waals surface area contributed by atoms with Crippen LogP contribution in [0.5, 0.6) is 0 Å². The Morgan fingerprint density at radius 3 is 2.46 bits per heavy atom. The smallest absolute Gasteiger partial charge is 0.252 e. The Morgan fingerprint density at radius 2 is 1.89 bits per heavy atom. The van der Waals surface area contributed by atoms with Gasteiger partial charge in [-0.2, -0.15) is 0 Å². The number of anilines is 1. The van der Waals surface area contributed by atoms with Crippen molar-refractivity contribution in [3.05, 3.63) is 65.5 Å². The van der Waals surface area contributed by atoms with Crippen molar-refractivity contribution in [2.45, 2.75) is 44.7 Å². The molecule has 1 aliphatic rings. The van der Waals surface area contributed by atoms with E-state index in [1.807, 2.05) is 0 Å². The molecule has 150 valence electrons. The number of benzene rings is 2. The van der Waals surface area contributed by atoms with Crippen LogP contribution in [-0.4, -0.2) is 34.5 Å². The minimum atomic E-state index is -2.77. The van der Waals surface area contributed by atoms with Crippen molar-refractivity contribution >= 4 is 11.6 Å². The molecular formula is C21H23F3N2O2. The number of hydrogen-bond donors (Lipinski definition) is 1. The Morgan fingerprint density at radius 1 is 1.21 bits per heavy atom. The number of amides is 1. The third-order valence-electron chi connectivity index (χ3n) is 5.17. The summed E-state index contributed by atoms with van der Waals surface area (Å²) in [5, 5.41) is 11.6. The highest BCUT2D eigenvalue weighted by Gasteiger charge is 2.50. The first kappa shape index (κ1) is 20.2. The first-order valence-corrected chi connectivity index (χ1v) is 9.21. The molecule has 0 saturated heterocycles. The molecule has 4 nitrogen and oxygen atoms in total. The highest BCUT2D eigenvalue weighted by molar-refractivity contribution is 5.87. The van der Waals surface area contributed by atoms with E-state index in [0.717, 1.165) is 11.6 Å². The van der Waals surface area contributed by atoms with Crippen LogP contribution < -0.4 is 5.06 Å². The molecule has 1 fully saturated rings. The molecule has 1 atom stereocenters. The number of hydrogen-bond acceptors (Lipinski definition) is 3. The third kappa shape index (κ3) is 3.99. The van der Waals surface area contributed by atoms with Gasteiger partial charge in [0.15, 0.2) is 6.04 Å². The number of rotatable bonds is 6. The van der Waals surface area contributed by atoms with Gasteiger partial charge in [-0.1, -0.05) is 30.3 Å². The van der Waals surface area contributed by atoms with Crippen molar-refractivity contribution < 1.29 is 23.2 Å². The quantitative estimate of drug-likeness (QED) is 0.724. The number of aryl methyl sites for hydroxylation is 1. The van der Waals surface area contributed by atoms with E-state index in [4.69, 9.17) is 0 Å². The lowest BCUT2D eigenvalue weighted by molar-refractivity contribution is -0.155. The van der Waals surface area contributed by atoms with Crippen LogP contribution in [0.25, 0.3) is 0 Å². The van der Waals surface area contributed by atoms with Crippen molar-refractivity contribution in [2.75, 3.05) is 11.6 Å². The van der Waals surface area contributed by atoms with Crippen molar-refractivity contribution in [3.8, 4) is 0 Å². The summed E-state index contributed by atoms with van der Waals surface area (Å²) in [6.45, 7) is 3.74. The first-order valence-electron chi connectivity index (χ1n) is 9.21. The molecule has 0 heterocycles. The zero-order valence-corrected chi connectivity index (χ0v) is 15.8. The topological polar surface area (TPSA) is 43.8 Å². The SMILES string of the molecule is CCN(C(=O)C(c1ccccc1C)N(O)c1cccc(F)c1)C1CC(F)(F)C1. The van der Waals surface area contributed by atoms with Gasteiger partial charge < -0.3 is 4.90 Å². The number of likely N-dealkylation sites (N-methyl/N-ethyl adjacent to an activating group) is 1. The number of carbonyl (C=O) groups is 1. The summed E-state index contributed by atoms with van der Waals surface area (Å²) in [4.78, 5) is 14.7. The van der Waals surface area contributed by atoms with E-state index < -0.39 is 42.6 Å². The van der Waals surface area contributed by atoms with Crippen LogP contribution in [0.4, 0.5) is 18.9 Å². The van der Waals surface area contributed by atoms with Gasteiger partial charge in [-0.25, -0.2) is 18.2 Å². The maximum Gasteiger partial charge on any atom is 0.252 e. The largest absolute Gasteiger partial charge is 0.337 e. The molecule has 0 radical (unpaired) electrons. The molecule has 1 saturated carbocycles. The molecule has 1 unspecified atom stereocenters. The van der Waals surface area contributed by atoms with Gasteiger partial charge in [-0.3, -0.25) is 10.0 Å². The van der Waals surface area contributed by atoms with Gasteiger partial charge >= 0.3 is 0 Å². The van der Waals surface area contributed by atoms with Gasteiger partial charge in [-0.15, -0.1) is 0 Å². The predicted molar refractivity (Wildman–Crippen MR) is 99.9 cm³/mol. The van der Waals surface area contributed by atoms with E-state index >= 15 is 0 Å². The molecule has 7 heteroatoms. The Kier molecular flexibility index (Phi) is 5.65. The van der Waals surface area contributed by atoms with E-state index in [1.54, 1.807) is 38.1 Å². The van der Waals surface area contributed by atoms with E-state index in [1.165, 1.54) is 23.1 Å². The summed E-state index contributed by atoms with van der Waals surface area (Å²) in [7, 11) is 0. The molecule has 0 aliphatic heterocycles. The fourth-order valence-electron chi connectivity index (χ4n) is 3.63. The Balaban J connectivity index is 1.98. The summed E-state index contributed by atoms with van der Waals surface area (Å²) >= 11 is 0. The zero-order chi connectivity index (χ0) is 20.5. The lowest BCUT2D eigenvalue weighted by Gasteiger charge is -2.44. The summed E-state index contributed by atoms with van der Waals surface area (Å²) in [5.41, 5.74) is 1.40. The zero-order valence-electron chi connectivity index (χ0n) is 15.8. The molecule has 0 aromatic heterocycles. The number of nitrogens with zero attached hydrogens (tertiary/aromatic N) is 2. The first-order chi connectivity index (χ1) is 13.2. The Hall–Kier alpha value is -2.54. The highest BCUT2D eigenvalue weighted by atomic mass is 19.3. The normalized spacial score (nSPS) is 16.9. The van der Waals surface area contributed by atoms with E-state index in [0.29, 0.717) is 10.6 Å². The minimum absolute atomic E-state index is 0.108.